The number of benzene rings is 1. The number of amides is 3. The first kappa shape index (κ1) is 16.8. The summed E-state index contributed by atoms with van der Waals surface area (Å²) >= 11 is 6.03. The van der Waals surface area contributed by atoms with Gasteiger partial charge in [-0.05, 0) is 37.5 Å². The molecule has 1 aromatic rings. The second-order valence-electron chi connectivity index (χ2n) is 6.08. The number of nitrogens with one attached hydrogen (secondary N) is 1. The maximum atomic E-state index is 12.5. The van der Waals surface area contributed by atoms with Crippen molar-refractivity contribution in [3.8, 4) is 0 Å². The van der Waals surface area contributed by atoms with Gasteiger partial charge in [-0.3, -0.25) is 14.4 Å². The first-order chi connectivity index (χ1) is 11.6. The van der Waals surface area contributed by atoms with E-state index < -0.39 is 0 Å². The van der Waals surface area contributed by atoms with Crippen molar-refractivity contribution in [2.75, 3.05) is 31.1 Å². The molecule has 2 aliphatic rings. The van der Waals surface area contributed by atoms with Gasteiger partial charge in [-0.15, -0.1) is 0 Å². The Labute approximate surface area is 145 Å². The van der Waals surface area contributed by atoms with Crippen LogP contribution in [0.3, 0.4) is 0 Å². The van der Waals surface area contributed by atoms with Gasteiger partial charge < -0.3 is 15.1 Å². The van der Waals surface area contributed by atoms with E-state index in [2.05, 4.69) is 5.32 Å². The van der Waals surface area contributed by atoms with E-state index >= 15 is 0 Å². The van der Waals surface area contributed by atoms with Crippen molar-refractivity contribution in [1.29, 1.82) is 0 Å². The molecule has 2 heterocycles. The van der Waals surface area contributed by atoms with Gasteiger partial charge in [-0.25, -0.2) is 0 Å². The summed E-state index contributed by atoms with van der Waals surface area (Å²) in [5.41, 5.74) is 0.875. The Balaban J connectivity index is 1.72. The van der Waals surface area contributed by atoms with Crippen molar-refractivity contribution >= 4 is 35.0 Å². The van der Waals surface area contributed by atoms with E-state index in [0.717, 1.165) is 32.4 Å². The molecule has 1 N–H and O–H groups in total. The van der Waals surface area contributed by atoms with Crippen molar-refractivity contribution in [1.82, 2.24) is 10.2 Å². The highest BCUT2D eigenvalue weighted by atomic mass is 35.5. The van der Waals surface area contributed by atoms with Gasteiger partial charge in [0, 0.05) is 31.1 Å². The molecule has 24 heavy (non-hydrogen) atoms. The Morgan fingerprint density at radius 2 is 1.88 bits per heavy atom. The van der Waals surface area contributed by atoms with Crippen molar-refractivity contribution in [2.24, 2.45) is 0 Å². The highest BCUT2D eigenvalue weighted by molar-refractivity contribution is 6.31. The van der Waals surface area contributed by atoms with Crippen LogP contribution >= 0.6 is 11.6 Å². The molecule has 1 aromatic carbocycles. The van der Waals surface area contributed by atoms with Crippen LogP contribution in [0, 0.1) is 0 Å². The fraction of sp³-hybridized carbons (Fsp3) is 0.471. The third kappa shape index (κ3) is 3.53. The lowest BCUT2D eigenvalue weighted by Gasteiger charge is -2.20. The predicted molar refractivity (Wildman–Crippen MR) is 91.2 cm³/mol. The lowest BCUT2D eigenvalue weighted by Crippen LogP contribution is -2.39. The molecule has 0 aromatic heterocycles. The number of carbonyl (C=O) groups is 3. The molecule has 128 valence electrons. The van der Waals surface area contributed by atoms with Crippen LogP contribution in [0.25, 0.3) is 0 Å². The molecule has 3 rings (SSSR count). The summed E-state index contributed by atoms with van der Waals surface area (Å²) < 4.78 is 0. The fourth-order valence-corrected chi connectivity index (χ4v) is 3.32. The second-order valence-corrected chi connectivity index (χ2v) is 6.52. The molecule has 3 amide bonds. The Bertz CT molecular complexity index is 671. The van der Waals surface area contributed by atoms with Gasteiger partial charge in [-0.2, -0.15) is 0 Å². The van der Waals surface area contributed by atoms with Gasteiger partial charge in [0.1, 0.15) is 0 Å². The molecule has 0 unspecified atom stereocenters. The molecular formula is C17H20ClN3O3. The summed E-state index contributed by atoms with van der Waals surface area (Å²) in [5.74, 6) is -0.456. The summed E-state index contributed by atoms with van der Waals surface area (Å²) in [7, 11) is 0. The first-order valence-electron chi connectivity index (χ1n) is 8.22. The maximum Gasteiger partial charge on any atom is 0.253 e. The molecule has 2 saturated heterocycles. The lowest BCUT2D eigenvalue weighted by atomic mass is 10.1. The number of anilines is 1. The molecule has 2 aliphatic heterocycles. The van der Waals surface area contributed by atoms with Crippen LogP contribution < -0.4 is 10.2 Å². The zero-order chi connectivity index (χ0) is 17.1. The zero-order valence-electron chi connectivity index (χ0n) is 13.4. The monoisotopic (exact) mass is 349 g/mol. The quantitative estimate of drug-likeness (QED) is 0.901. The second kappa shape index (κ2) is 7.21. The van der Waals surface area contributed by atoms with E-state index in [1.165, 1.54) is 0 Å². The Morgan fingerprint density at radius 1 is 1.12 bits per heavy atom. The molecule has 0 saturated carbocycles. The van der Waals surface area contributed by atoms with Gasteiger partial charge in [0.05, 0.1) is 17.8 Å². The topological polar surface area (TPSA) is 69.7 Å². The van der Waals surface area contributed by atoms with Gasteiger partial charge in [-0.1, -0.05) is 11.6 Å². The normalized spacial score (nSPS) is 17.5. The highest BCUT2D eigenvalue weighted by Gasteiger charge is 2.26. The molecule has 6 nitrogen and oxygen atoms in total. The van der Waals surface area contributed by atoms with Gasteiger partial charge in [0.15, 0.2) is 0 Å². The minimum atomic E-state index is -0.367. The fourth-order valence-electron chi connectivity index (χ4n) is 3.15. The number of halogens is 1. The summed E-state index contributed by atoms with van der Waals surface area (Å²) in [6.07, 6.45) is 3.26. The number of hydrogen-bond donors (Lipinski definition) is 1. The van der Waals surface area contributed by atoms with Crippen LogP contribution in [-0.2, 0) is 9.59 Å². The van der Waals surface area contributed by atoms with Crippen LogP contribution in [0.2, 0.25) is 5.02 Å². The number of likely N-dealkylation sites (tertiary alicyclic amines) is 1. The average molecular weight is 350 g/mol. The molecular weight excluding hydrogens is 330 g/mol. The third-order valence-corrected chi connectivity index (χ3v) is 4.66. The SMILES string of the molecule is O=C(NCC(=O)N1CCCC1)c1ccc(Cl)cc1N1CCCC1=O. The summed E-state index contributed by atoms with van der Waals surface area (Å²) in [5, 5.41) is 3.13. The van der Waals surface area contributed by atoms with Crippen molar-refractivity contribution in [3.05, 3.63) is 28.8 Å². The smallest absolute Gasteiger partial charge is 0.253 e. The van der Waals surface area contributed by atoms with Gasteiger partial charge in [0.2, 0.25) is 11.8 Å². The van der Waals surface area contributed by atoms with E-state index in [1.54, 1.807) is 28.0 Å². The van der Waals surface area contributed by atoms with E-state index in [9.17, 15) is 14.4 Å². The van der Waals surface area contributed by atoms with Crippen LogP contribution in [0.1, 0.15) is 36.0 Å². The maximum absolute atomic E-state index is 12.5. The molecule has 0 atom stereocenters. The van der Waals surface area contributed by atoms with E-state index in [-0.39, 0.29) is 24.3 Å². The van der Waals surface area contributed by atoms with E-state index in [0.29, 0.717) is 29.2 Å². The summed E-state index contributed by atoms with van der Waals surface area (Å²) in [4.78, 5) is 39.9. The zero-order valence-corrected chi connectivity index (χ0v) is 14.1. The Morgan fingerprint density at radius 3 is 2.54 bits per heavy atom. The Kier molecular flexibility index (Phi) is 5.04. The van der Waals surface area contributed by atoms with E-state index in [4.69, 9.17) is 11.6 Å². The molecule has 0 bridgehead atoms. The van der Waals surface area contributed by atoms with E-state index in [1.807, 2.05) is 0 Å². The standard InChI is InChI=1S/C17H20ClN3O3/c18-12-5-6-13(14(10-12)21-9-3-4-15(21)22)17(24)19-11-16(23)20-7-1-2-8-20/h5-6,10H,1-4,7-9,11H2,(H,19,24). The predicted octanol–water partition coefficient (Wildman–Crippen LogP) is 1.82. The van der Waals surface area contributed by atoms with Crippen molar-refractivity contribution < 1.29 is 14.4 Å². The van der Waals surface area contributed by atoms with Gasteiger partial charge >= 0.3 is 0 Å². The average Bonchev–Trinajstić information content (AvgIpc) is 3.23. The highest BCUT2D eigenvalue weighted by Crippen LogP contribution is 2.28. The summed E-state index contributed by atoms with van der Waals surface area (Å²) in [6.45, 7) is 2.05. The number of nitrogens with zero attached hydrogens (tertiary/aromatic N) is 2. The van der Waals surface area contributed by atoms with Crippen LogP contribution in [0.4, 0.5) is 5.69 Å². The van der Waals surface area contributed by atoms with Gasteiger partial charge in [0.25, 0.3) is 5.91 Å². The van der Waals surface area contributed by atoms with Crippen LogP contribution in [-0.4, -0.2) is 48.8 Å². The van der Waals surface area contributed by atoms with Crippen molar-refractivity contribution in [3.63, 3.8) is 0 Å². The molecule has 7 heteroatoms. The largest absolute Gasteiger partial charge is 0.343 e. The van der Waals surface area contributed by atoms with Crippen LogP contribution in [0.15, 0.2) is 18.2 Å². The minimum Gasteiger partial charge on any atom is -0.343 e. The third-order valence-electron chi connectivity index (χ3n) is 4.43. The number of carbonyl (C=O) groups excluding carboxylic acids is 3. The summed E-state index contributed by atoms with van der Waals surface area (Å²) in [6, 6.07) is 4.84. The molecule has 0 spiro atoms. The Hall–Kier alpha value is -2.08. The number of rotatable bonds is 4. The molecule has 2 fully saturated rings. The van der Waals surface area contributed by atoms with Crippen LogP contribution in [0.5, 0.6) is 0 Å². The molecule has 0 radical (unpaired) electrons. The van der Waals surface area contributed by atoms with Crippen molar-refractivity contribution in [2.45, 2.75) is 25.7 Å². The minimum absolute atomic E-state index is 0.0144. The molecule has 0 aliphatic carbocycles. The number of hydrogen-bond acceptors (Lipinski definition) is 3. The first-order valence-corrected chi connectivity index (χ1v) is 8.60. The lowest BCUT2D eigenvalue weighted by molar-refractivity contribution is -0.129.